The molecule has 0 bridgehead atoms. The van der Waals surface area contributed by atoms with Crippen LogP contribution in [0.2, 0.25) is 0 Å². The van der Waals surface area contributed by atoms with E-state index in [9.17, 15) is 0 Å². The fourth-order valence-corrected chi connectivity index (χ4v) is 3.88. The van der Waals surface area contributed by atoms with Gasteiger partial charge in [-0.3, -0.25) is 0 Å². The third-order valence-electron chi connectivity index (χ3n) is 5.55. The lowest BCUT2D eigenvalue weighted by Gasteiger charge is -2.17. The van der Waals surface area contributed by atoms with Crippen LogP contribution in [0, 0.1) is 6.92 Å². The van der Waals surface area contributed by atoms with Crippen molar-refractivity contribution < 1.29 is 4.74 Å². The predicted molar refractivity (Wildman–Crippen MR) is 131 cm³/mol. The second kappa shape index (κ2) is 10.1. The van der Waals surface area contributed by atoms with Gasteiger partial charge in [0.2, 0.25) is 5.95 Å². The summed E-state index contributed by atoms with van der Waals surface area (Å²) in [4.78, 5) is 9.33. The molecule has 0 spiro atoms. The second-order valence-electron chi connectivity index (χ2n) is 7.98. The van der Waals surface area contributed by atoms with E-state index in [4.69, 9.17) is 15.5 Å². The summed E-state index contributed by atoms with van der Waals surface area (Å²) in [7, 11) is 0. The Balaban J connectivity index is 1.71. The highest BCUT2D eigenvalue weighted by Gasteiger charge is 2.18. The number of hydrogen-bond acceptors (Lipinski definition) is 4. The Hall–Kier alpha value is -3.66. The number of ether oxygens (including phenoxy) is 1. The molecule has 4 rings (SSSR count). The van der Waals surface area contributed by atoms with Gasteiger partial charge in [0, 0.05) is 16.7 Å². The van der Waals surface area contributed by atoms with Gasteiger partial charge >= 0.3 is 0 Å². The number of rotatable bonds is 8. The van der Waals surface area contributed by atoms with E-state index in [1.54, 1.807) is 0 Å². The van der Waals surface area contributed by atoms with Crippen LogP contribution in [-0.2, 0) is 13.0 Å². The number of unbranched alkanes of at least 4 members (excludes halogenated alkanes) is 1. The molecule has 0 atom stereocenters. The van der Waals surface area contributed by atoms with Crippen LogP contribution in [0.3, 0.4) is 0 Å². The number of aromatic nitrogens is 2. The standard InChI is InChI=1S/C28H29N3O/c1-3-4-15-25-26(22-13-9-6-10-14-22)30-28(29)31-27(25)24-17-16-23(18-20(24)2)32-19-21-11-7-5-8-12-21/h5-14,16-18H,3-4,15,19H2,1-2H3,(H2,29,30,31). The molecule has 0 aliphatic rings. The van der Waals surface area contributed by atoms with Crippen LogP contribution in [-0.4, -0.2) is 9.97 Å². The Morgan fingerprint density at radius 3 is 2.22 bits per heavy atom. The molecule has 0 aliphatic carbocycles. The lowest BCUT2D eigenvalue weighted by atomic mass is 9.94. The molecule has 2 N–H and O–H groups in total. The molecule has 0 saturated carbocycles. The number of nitrogen functional groups attached to an aromatic ring is 1. The van der Waals surface area contributed by atoms with Gasteiger partial charge in [-0.05, 0) is 49.1 Å². The molecule has 0 fully saturated rings. The highest BCUT2D eigenvalue weighted by Crippen LogP contribution is 2.34. The minimum absolute atomic E-state index is 0.294. The number of benzene rings is 3. The van der Waals surface area contributed by atoms with Gasteiger partial charge in [-0.15, -0.1) is 0 Å². The number of anilines is 1. The van der Waals surface area contributed by atoms with E-state index in [1.807, 2.05) is 42.5 Å². The van der Waals surface area contributed by atoms with E-state index >= 15 is 0 Å². The average Bonchev–Trinajstić information content (AvgIpc) is 2.83. The van der Waals surface area contributed by atoms with E-state index < -0.39 is 0 Å². The molecule has 4 heteroatoms. The van der Waals surface area contributed by atoms with Crippen molar-refractivity contribution in [1.29, 1.82) is 0 Å². The highest BCUT2D eigenvalue weighted by atomic mass is 16.5. The molecule has 0 saturated heterocycles. The number of hydrogen-bond donors (Lipinski definition) is 1. The smallest absolute Gasteiger partial charge is 0.221 e. The van der Waals surface area contributed by atoms with Crippen molar-refractivity contribution in [3.05, 3.63) is 95.6 Å². The van der Waals surface area contributed by atoms with Crippen LogP contribution in [0.15, 0.2) is 78.9 Å². The summed E-state index contributed by atoms with van der Waals surface area (Å²) in [5, 5.41) is 0. The molecule has 0 unspecified atom stereocenters. The molecular weight excluding hydrogens is 394 g/mol. The normalized spacial score (nSPS) is 10.8. The van der Waals surface area contributed by atoms with Crippen molar-refractivity contribution in [2.75, 3.05) is 5.73 Å². The molecule has 0 radical (unpaired) electrons. The van der Waals surface area contributed by atoms with Gasteiger partial charge in [-0.2, -0.15) is 0 Å². The largest absolute Gasteiger partial charge is 0.489 e. The summed E-state index contributed by atoms with van der Waals surface area (Å²) in [5.41, 5.74) is 13.5. The van der Waals surface area contributed by atoms with Gasteiger partial charge in [0.25, 0.3) is 0 Å². The lowest BCUT2D eigenvalue weighted by molar-refractivity contribution is 0.306. The Morgan fingerprint density at radius 1 is 0.844 bits per heavy atom. The minimum atomic E-state index is 0.294. The molecule has 0 aliphatic heterocycles. The molecule has 3 aromatic carbocycles. The van der Waals surface area contributed by atoms with Crippen molar-refractivity contribution in [2.45, 2.75) is 39.7 Å². The highest BCUT2D eigenvalue weighted by molar-refractivity contribution is 5.76. The maximum atomic E-state index is 6.18. The maximum Gasteiger partial charge on any atom is 0.221 e. The number of nitrogens with two attached hydrogens (primary N) is 1. The van der Waals surface area contributed by atoms with Crippen LogP contribution >= 0.6 is 0 Å². The number of aryl methyl sites for hydroxylation is 1. The molecule has 1 aromatic heterocycles. The van der Waals surface area contributed by atoms with E-state index in [1.165, 1.54) is 0 Å². The average molecular weight is 424 g/mol. The molecule has 0 amide bonds. The van der Waals surface area contributed by atoms with Crippen LogP contribution in [0.1, 0.15) is 36.5 Å². The maximum absolute atomic E-state index is 6.18. The van der Waals surface area contributed by atoms with E-state index in [-0.39, 0.29) is 0 Å². The molecule has 162 valence electrons. The Kier molecular flexibility index (Phi) is 6.81. The first-order valence-corrected chi connectivity index (χ1v) is 11.1. The van der Waals surface area contributed by atoms with Gasteiger partial charge in [0.1, 0.15) is 12.4 Å². The van der Waals surface area contributed by atoms with Crippen LogP contribution in [0.25, 0.3) is 22.5 Å². The van der Waals surface area contributed by atoms with E-state index in [0.29, 0.717) is 12.6 Å². The van der Waals surface area contributed by atoms with Crippen LogP contribution < -0.4 is 10.5 Å². The summed E-state index contributed by atoms with van der Waals surface area (Å²) >= 11 is 0. The Morgan fingerprint density at radius 2 is 1.53 bits per heavy atom. The van der Waals surface area contributed by atoms with E-state index in [0.717, 1.165) is 64.2 Å². The predicted octanol–water partition coefficient (Wildman–Crippen LogP) is 6.62. The zero-order valence-corrected chi connectivity index (χ0v) is 18.7. The Labute approximate surface area is 190 Å². The van der Waals surface area contributed by atoms with Crippen LogP contribution in [0.4, 0.5) is 5.95 Å². The van der Waals surface area contributed by atoms with Crippen molar-refractivity contribution >= 4 is 5.95 Å². The molecule has 32 heavy (non-hydrogen) atoms. The summed E-state index contributed by atoms with van der Waals surface area (Å²) < 4.78 is 6.02. The Bertz CT molecular complexity index is 1170. The first-order valence-electron chi connectivity index (χ1n) is 11.1. The zero-order chi connectivity index (χ0) is 22.3. The topological polar surface area (TPSA) is 61.0 Å². The number of nitrogens with zero attached hydrogens (tertiary/aromatic N) is 2. The summed E-state index contributed by atoms with van der Waals surface area (Å²) in [6.45, 7) is 4.83. The second-order valence-corrected chi connectivity index (χ2v) is 7.98. The van der Waals surface area contributed by atoms with Gasteiger partial charge < -0.3 is 10.5 Å². The molecule has 4 aromatic rings. The van der Waals surface area contributed by atoms with Gasteiger partial charge in [0.05, 0.1) is 11.4 Å². The van der Waals surface area contributed by atoms with Crippen molar-refractivity contribution in [1.82, 2.24) is 9.97 Å². The quantitative estimate of drug-likeness (QED) is 0.346. The monoisotopic (exact) mass is 423 g/mol. The van der Waals surface area contributed by atoms with Crippen LogP contribution in [0.5, 0.6) is 5.75 Å². The summed E-state index contributed by atoms with van der Waals surface area (Å²) in [6, 6.07) is 26.6. The van der Waals surface area contributed by atoms with Gasteiger partial charge in [-0.25, -0.2) is 9.97 Å². The molecule has 4 nitrogen and oxygen atoms in total. The first-order chi connectivity index (χ1) is 15.7. The molecular formula is C28H29N3O. The first kappa shape index (κ1) is 21.6. The van der Waals surface area contributed by atoms with Crippen molar-refractivity contribution in [3.63, 3.8) is 0 Å². The summed E-state index contributed by atoms with van der Waals surface area (Å²) in [6.07, 6.45) is 3.07. The fraction of sp³-hybridized carbons (Fsp3) is 0.214. The minimum Gasteiger partial charge on any atom is -0.489 e. The zero-order valence-electron chi connectivity index (χ0n) is 18.7. The summed E-state index contributed by atoms with van der Waals surface area (Å²) in [5.74, 6) is 1.14. The van der Waals surface area contributed by atoms with Crippen molar-refractivity contribution in [3.8, 4) is 28.3 Å². The third kappa shape index (κ3) is 4.97. The van der Waals surface area contributed by atoms with Gasteiger partial charge in [0.15, 0.2) is 0 Å². The van der Waals surface area contributed by atoms with Crippen molar-refractivity contribution in [2.24, 2.45) is 0 Å². The SMILES string of the molecule is CCCCc1c(-c2ccccc2)nc(N)nc1-c1ccc(OCc2ccccc2)cc1C. The van der Waals surface area contributed by atoms with E-state index in [2.05, 4.69) is 55.2 Å². The third-order valence-corrected chi connectivity index (χ3v) is 5.55. The fourth-order valence-electron chi connectivity index (χ4n) is 3.88. The van der Waals surface area contributed by atoms with Gasteiger partial charge in [-0.1, -0.05) is 74.0 Å². The lowest BCUT2D eigenvalue weighted by Crippen LogP contribution is -2.06. The molecule has 1 heterocycles.